The molecule has 0 aromatic heterocycles. The van der Waals surface area contributed by atoms with Gasteiger partial charge in [-0.15, -0.1) is 0 Å². The molecular formula is C19H26N2O5. The fraction of sp³-hybridized carbons (Fsp3) is 0.526. The Bertz CT molecular complexity index is 640. The van der Waals surface area contributed by atoms with E-state index in [9.17, 15) is 15.0 Å². The van der Waals surface area contributed by atoms with Gasteiger partial charge in [-0.1, -0.05) is 0 Å². The van der Waals surface area contributed by atoms with Gasteiger partial charge in [0.1, 0.15) is 17.7 Å². The van der Waals surface area contributed by atoms with Crippen LogP contribution in [0.4, 0.5) is 0 Å². The topological polar surface area (TPSA) is 91.3 Å². The molecule has 1 amide bonds. The lowest BCUT2D eigenvalue weighted by atomic mass is 10.00. The number of hydrogen-bond acceptors (Lipinski definition) is 6. The second-order valence-electron chi connectivity index (χ2n) is 6.59. The van der Waals surface area contributed by atoms with Crippen molar-refractivity contribution in [2.75, 3.05) is 26.3 Å². The molecule has 1 aromatic rings. The van der Waals surface area contributed by atoms with Gasteiger partial charge < -0.3 is 25.0 Å². The molecule has 26 heavy (non-hydrogen) atoms. The van der Waals surface area contributed by atoms with Gasteiger partial charge in [-0.05, 0) is 49.9 Å². The van der Waals surface area contributed by atoms with Crippen LogP contribution < -0.4 is 10.1 Å². The largest absolute Gasteiger partial charge is 0.458 e. The maximum Gasteiger partial charge on any atom is 0.251 e. The van der Waals surface area contributed by atoms with Gasteiger partial charge in [0, 0.05) is 37.9 Å². The minimum absolute atomic E-state index is 0.141. The van der Waals surface area contributed by atoms with Gasteiger partial charge in [-0.3, -0.25) is 4.79 Å². The third-order valence-corrected chi connectivity index (χ3v) is 4.72. The molecule has 1 fully saturated rings. The van der Waals surface area contributed by atoms with E-state index in [0.717, 1.165) is 26.1 Å². The summed E-state index contributed by atoms with van der Waals surface area (Å²) in [7, 11) is 0. The highest BCUT2D eigenvalue weighted by atomic mass is 16.5. The van der Waals surface area contributed by atoms with Gasteiger partial charge in [0.15, 0.2) is 6.23 Å². The lowest BCUT2D eigenvalue weighted by Gasteiger charge is -2.31. The van der Waals surface area contributed by atoms with E-state index >= 15 is 0 Å². The molecule has 1 saturated heterocycles. The fourth-order valence-electron chi connectivity index (χ4n) is 3.23. The first-order valence-electron chi connectivity index (χ1n) is 9.06. The number of hydrogen-bond donors (Lipinski definition) is 3. The Hall–Kier alpha value is -1.93. The van der Waals surface area contributed by atoms with E-state index in [1.165, 1.54) is 6.08 Å². The average molecular weight is 362 g/mol. The van der Waals surface area contributed by atoms with E-state index in [1.54, 1.807) is 29.2 Å². The highest BCUT2D eigenvalue weighted by Crippen LogP contribution is 2.27. The second-order valence-corrected chi connectivity index (χ2v) is 6.59. The summed E-state index contributed by atoms with van der Waals surface area (Å²) in [6, 6.07) is 6.67. The molecule has 0 aliphatic carbocycles. The molecule has 0 saturated carbocycles. The van der Waals surface area contributed by atoms with Crippen LogP contribution in [0.5, 0.6) is 5.75 Å². The molecule has 3 N–H and O–H groups in total. The summed E-state index contributed by atoms with van der Waals surface area (Å²) in [6.07, 6.45) is 1.50. The van der Waals surface area contributed by atoms with E-state index in [2.05, 4.69) is 5.32 Å². The third-order valence-electron chi connectivity index (χ3n) is 4.72. The number of amides is 1. The van der Waals surface area contributed by atoms with Crippen LogP contribution in [0.25, 0.3) is 0 Å². The van der Waals surface area contributed by atoms with E-state index < -0.39 is 12.5 Å². The molecule has 2 aliphatic rings. The van der Waals surface area contributed by atoms with E-state index in [1.807, 2.05) is 6.92 Å². The Morgan fingerprint density at radius 2 is 1.96 bits per heavy atom. The summed E-state index contributed by atoms with van der Waals surface area (Å²) in [4.78, 5) is 13.4. The molecule has 2 heterocycles. The highest BCUT2D eigenvalue weighted by Gasteiger charge is 2.35. The van der Waals surface area contributed by atoms with Crippen molar-refractivity contribution < 1.29 is 24.5 Å². The SMILES string of the molecule is CCNC(=O)c1ccc(OC2=CC(O)N(CC3CCOCC3)C2O)cc1. The molecule has 2 atom stereocenters. The number of rotatable bonds is 6. The lowest BCUT2D eigenvalue weighted by Crippen LogP contribution is -2.42. The van der Waals surface area contributed by atoms with Crippen LogP contribution in [0.1, 0.15) is 30.1 Å². The van der Waals surface area contributed by atoms with Gasteiger partial charge in [0.05, 0.1) is 0 Å². The van der Waals surface area contributed by atoms with Crippen molar-refractivity contribution in [1.29, 1.82) is 0 Å². The van der Waals surface area contributed by atoms with Crippen LogP contribution in [0, 0.1) is 5.92 Å². The number of nitrogens with zero attached hydrogens (tertiary/aromatic N) is 1. The number of nitrogens with one attached hydrogen (secondary N) is 1. The first-order chi connectivity index (χ1) is 12.6. The van der Waals surface area contributed by atoms with Crippen LogP contribution in [-0.4, -0.2) is 59.8 Å². The molecule has 1 aromatic carbocycles. The Kier molecular flexibility index (Phi) is 6.26. The van der Waals surface area contributed by atoms with Crippen LogP contribution in [0.2, 0.25) is 0 Å². The predicted octanol–water partition coefficient (Wildman–Crippen LogP) is 1.08. The maximum absolute atomic E-state index is 11.8. The highest BCUT2D eigenvalue weighted by molar-refractivity contribution is 5.94. The smallest absolute Gasteiger partial charge is 0.251 e. The number of carbonyl (C=O) groups excluding carboxylic acids is 1. The molecule has 0 spiro atoms. The molecular weight excluding hydrogens is 336 g/mol. The predicted molar refractivity (Wildman–Crippen MR) is 95.4 cm³/mol. The molecule has 0 radical (unpaired) electrons. The van der Waals surface area contributed by atoms with E-state index in [4.69, 9.17) is 9.47 Å². The summed E-state index contributed by atoms with van der Waals surface area (Å²) in [5.41, 5.74) is 0.543. The molecule has 142 valence electrons. The summed E-state index contributed by atoms with van der Waals surface area (Å²) in [5, 5.41) is 23.5. The monoisotopic (exact) mass is 362 g/mol. The minimum Gasteiger partial charge on any atom is -0.458 e. The van der Waals surface area contributed by atoms with Crippen LogP contribution in [0.3, 0.4) is 0 Å². The molecule has 7 nitrogen and oxygen atoms in total. The van der Waals surface area contributed by atoms with Crippen molar-refractivity contribution >= 4 is 5.91 Å². The number of aliphatic hydroxyl groups is 2. The molecule has 7 heteroatoms. The Labute approximate surface area is 153 Å². The van der Waals surface area contributed by atoms with Crippen molar-refractivity contribution in [3.05, 3.63) is 41.7 Å². The molecule has 0 bridgehead atoms. The van der Waals surface area contributed by atoms with Gasteiger partial charge >= 0.3 is 0 Å². The number of ether oxygens (including phenoxy) is 2. The van der Waals surface area contributed by atoms with Crippen molar-refractivity contribution in [1.82, 2.24) is 10.2 Å². The van der Waals surface area contributed by atoms with E-state index in [-0.39, 0.29) is 5.91 Å². The maximum atomic E-state index is 11.8. The fourth-order valence-corrected chi connectivity index (χ4v) is 3.23. The summed E-state index contributed by atoms with van der Waals surface area (Å²) >= 11 is 0. The van der Waals surface area contributed by atoms with Crippen molar-refractivity contribution in [3.63, 3.8) is 0 Å². The molecule has 2 aliphatic heterocycles. The number of carbonyl (C=O) groups is 1. The summed E-state index contributed by atoms with van der Waals surface area (Å²) in [6.45, 7) is 4.46. The minimum atomic E-state index is -0.990. The Morgan fingerprint density at radius 1 is 1.27 bits per heavy atom. The first kappa shape index (κ1) is 18.8. The van der Waals surface area contributed by atoms with Crippen LogP contribution in [-0.2, 0) is 4.74 Å². The second kappa shape index (κ2) is 8.64. The van der Waals surface area contributed by atoms with E-state index in [0.29, 0.717) is 36.1 Å². The zero-order valence-electron chi connectivity index (χ0n) is 14.9. The lowest BCUT2D eigenvalue weighted by molar-refractivity contribution is -0.0691. The van der Waals surface area contributed by atoms with Crippen LogP contribution >= 0.6 is 0 Å². The summed E-state index contributed by atoms with van der Waals surface area (Å²) < 4.78 is 11.1. The third kappa shape index (κ3) is 4.42. The number of aliphatic hydroxyl groups excluding tert-OH is 2. The molecule has 2 unspecified atom stereocenters. The quantitative estimate of drug-likeness (QED) is 0.701. The Balaban J connectivity index is 1.59. The summed E-state index contributed by atoms with van der Waals surface area (Å²) in [5.74, 6) is 1.05. The van der Waals surface area contributed by atoms with Gasteiger partial charge in [-0.25, -0.2) is 4.90 Å². The Morgan fingerprint density at radius 3 is 2.62 bits per heavy atom. The number of benzene rings is 1. The van der Waals surface area contributed by atoms with Crippen LogP contribution in [0.15, 0.2) is 36.1 Å². The first-order valence-corrected chi connectivity index (χ1v) is 9.06. The standard InChI is InChI=1S/C19H26N2O5/c1-2-20-18(23)14-3-5-15(6-4-14)26-16-11-17(22)21(19(16)24)12-13-7-9-25-10-8-13/h3-6,11,13,17,19,22,24H,2,7-10,12H2,1H3,(H,20,23). The average Bonchev–Trinajstić information content (AvgIpc) is 2.91. The molecule has 3 rings (SSSR count). The zero-order valence-corrected chi connectivity index (χ0v) is 14.9. The van der Waals surface area contributed by atoms with Gasteiger partial charge in [0.2, 0.25) is 0 Å². The zero-order chi connectivity index (χ0) is 18.5. The van der Waals surface area contributed by atoms with Gasteiger partial charge in [-0.2, -0.15) is 0 Å². The van der Waals surface area contributed by atoms with Crippen molar-refractivity contribution in [2.45, 2.75) is 32.2 Å². The normalized spacial score (nSPS) is 24.3. The van der Waals surface area contributed by atoms with Crippen molar-refractivity contribution in [2.24, 2.45) is 5.92 Å². The van der Waals surface area contributed by atoms with Crippen molar-refractivity contribution in [3.8, 4) is 5.75 Å². The van der Waals surface area contributed by atoms with Gasteiger partial charge in [0.25, 0.3) is 5.91 Å².